The van der Waals surface area contributed by atoms with Gasteiger partial charge in [0.1, 0.15) is 0 Å². The van der Waals surface area contributed by atoms with Crippen molar-refractivity contribution in [1.29, 1.82) is 0 Å². The summed E-state index contributed by atoms with van der Waals surface area (Å²) in [6, 6.07) is 16.3. The van der Waals surface area contributed by atoms with Gasteiger partial charge in [-0.2, -0.15) is 0 Å². The first-order chi connectivity index (χ1) is 10.8. The molecule has 0 fully saturated rings. The van der Waals surface area contributed by atoms with E-state index < -0.39 is 0 Å². The monoisotopic (exact) mass is 290 g/mol. The minimum absolute atomic E-state index is 0.00166. The summed E-state index contributed by atoms with van der Waals surface area (Å²) in [5, 5.41) is 4.32. The lowest BCUT2D eigenvalue weighted by molar-refractivity contribution is 0.0933. The number of amides is 1. The highest BCUT2D eigenvalue weighted by atomic mass is 16.1. The molecule has 1 aliphatic rings. The lowest BCUT2D eigenvalue weighted by atomic mass is 9.87. The first-order valence-electron chi connectivity index (χ1n) is 7.77. The van der Waals surface area contributed by atoms with Crippen molar-refractivity contribution in [1.82, 2.24) is 10.3 Å². The molecule has 0 saturated carbocycles. The van der Waals surface area contributed by atoms with Crippen LogP contribution in [0.5, 0.6) is 0 Å². The number of fused-ring (bicyclic) bond motifs is 2. The fraction of sp³-hybridized carbons (Fsp3) is 0.211. The van der Waals surface area contributed by atoms with Crippen molar-refractivity contribution < 1.29 is 4.79 Å². The zero-order valence-corrected chi connectivity index (χ0v) is 12.3. The second kappa shape index (κ2) is 5.34. The average molecular weight is 290 g/mol. The predicted molar refractivity (Wildman–Crippen MR) is 87.9 cm³/mol. The van der Waals surface area contributed by atoms with E-state index >= 15 is 0 Å². The Labute approximate surface area is 129 Å². The number of carbonyl (C=O) groups is 1. The van der Waals surface area contributed by atoms with Crippen molar-refractivity contribution in [3.05, 3.63) is 71.4 Å². The first kappa shape index (κ1) is 13.1. The largest absolute Gasteiger partial charge is 0.361 e. The summed E-state index contributed by atoms with van der Waals surface area (Å²) in [4.78, 5) is 15.7. The first-order valence-corrected chi connectivity index (χ1v) is 7.77. The van der Waals surface area contributed by atoms with Gasteiger partial charge in [0.25, 0.3) is 5.91 Å². The summed E-state index contributed by atoms with van der Waals surface area (Å²) in [7, 11) is 0. The molecule has 1 aromatic heterocycles. The summed E-state index contributed by atoms with van der Waals surface area (Å²) in [6.45, 7) is 0. The summed E-state index contributed by atoms with van der Waals surface area (Å²) < 4.78 is 0. The minimum atomic E-state index is -0.00166. The van der Waals surface area contributed by atoms with E-state index in [1.807, 2.05) is 36.5 Å². The van der Waals surface area contributed by atoms with Crippen LogP contribution in [0.1, 0.15) is 40.4 Å². The number of aromatic nitrogens is 1. The van der Waals surface area contributed by atoms with E-state index in [9.17, 15) is 4.79 Å². The maximum Gasteiger partial charge on any atom is 0.251 e. The molecule has 3 aromatic rings. The van der Waals surface area contributed by atoms with Crippen LogP contribution in [-0.4, -0.2) is 10.9 Å². The zero-order valence-electron chi connectivity index (χ0n) is 12.3. The number of carbonyl (C=O) groups excluding carboxylic acids is 1. The molecule has 4 rings (SSSR count). The second-order valence-corrected chi connectivity index (χ2v) is 5.90. The van der Waals surface area contributed by atoms with Gasteiger partial charge in [-0.05, 0) is 54.0 Å². The van der Waals surface area contributed by atoms with Crippen molar-refractivity contribution in [3.8, 4) is 0 Å². The van der Waals surface area contributed by atoms with Gasteiger partial charge < -0.3 is 10.3 Å². The van der Waals surface area contributed by atoms with Crippen LogP contribution >= 0.6 is 0 Å². The Hall–Kier alpha value is -2.55. The second-order valence-electron chi connectivity index (χ2n) is 5.90. The van der Waals surface area contributed by atoms with Crippen LogP contribution in [0.15, 0.2) is 54.7 Å². The molecule has 1 aliphatic carbocycles. The number of rotatable bonds is 2. The Morgan fingerprint density at radius 2 is 2.05 bits per heavy atom. The van der Waals surface area contributed by atoms with Gasteiger partial charge in [-0.15, -0.1) is 0 Å². The van der Waals surface area contributed by atoms with Crippen molar-refractivity contribution in [2.45, 2.75) is 25.3 Å². The van der Waals surface area contributed by atoms with E-state index in [0.717, 1.165) is 30.2 Å². The van der Waals surface area contributed by atoms with Gasteiger partial charge in [0.2, 0.25) is 0 Å². The van der Waals surface area contributed by atoms with E-state index in [1.54, 1.807) is 0 Å². The number of H-pyrrole nitrogens is 1. The molecule has 0 saturated heterocycles. The van der Waals surface area contributed by atoms with Gasteiger partial charge in [-0.3, -0.25) is 4.79 Å². The summed E-state index contributed by atoms with van der Waals surface area (Å²) >= 11 is 0. The molecule has 3 heteroatoms. The van der Waals surface area contributed by atoms with E-state index in [2.05, 4.69) is 28.5 Å². The minimum Gasteiger partial charge on any atom is -0.361 e. The van der Waals surface area contributed by atoms with Gasteiger partial charge in [0, 0.05) is 17.3 Å². The number of aryl methyl sites for hydroxylation is 1. The van der Waals surface area contributed by atoms with E-state index in [-0.39, 0.29) is 11.9 Å². The van der Waals surface area contributed by atoms with E-state index in [4.69, 9.17) is 0 Å². The Morgan fingerprint density at radius 3 is 3.00 bits per heavy atom. The summed E-state index contributed by atoms with van der Waals surface area (Å²) in [5.41, 5.74) is 4.33. The number of nitrogens with one attached hydrogen (secondary N) is 2. The van der Waals surface area contributed by atoms with Crippen molar-refractivity contribution in [2.75, 3.05) is 0 Å². The molecule has 0 radical (unpaired) electrons. The molecule has 0 bridgehead atoms. The van der Waals surface area contributed by atoms with Crippen molar-refractivity contribution in [3.63, 3.8) is 0 Å². The van der Waals surface area contributed by atoms with Crippen LogP contribution in [0.2, 0.25) is 0 Å². The van der Waals surface area contributed by atoms with Crippen molar-refractivity contribution >= 4 is 16.8 Å². The number of benzene rings is 2. The van der Waals surface area contributed by atoms with Crippen LogP contribution in [0.25, 0.3) is 10.9 Å². The highest BCUT2D eigenvalue weighted by Gasteiger charge is 2.21. The number of aromatic amines is 1. The Morgan fingerprint density at radius 1 is 1.14 bits per heavy atom. The molecule has 0 aliphatic heterocycles. The van der Waals surface area contributed by atoms with Crippen LogP contribution in [0.3, 0.4) is 0 Å². The standard InChI is InChI=1S/C19H18N2O/c22-19(15-9-8-14-10-11-20-18(14)12-15)21-17-7-3-5-13-4-1-2-6-16(13)17/h1-2,4,6,8-12,17,20H,3,5,7H2,(H,21,22)/t17-/m0/s1. The maximum absolute atomic E-state index is 12.6. The third-order valence-corrected chi connectivity index (χ3v) is 4.49. The van der Waals surface area contributed by atoms with Crippen LogP contribution in [0.4, 0.5) is 0 Å². The summed E-state index contributed by atoms with van der Waals surface area (Å²) in [5.74, 6) is -0.00166. The van der Waals surface area contributed by atoms with Crippen LogP contribution < -0.4 is 5.32 Å². The normalized spacial score (nSPS) is 17.2. The van der Waals surface area contributed by atoms with E-state index in [1.165, 1.54) is 11.1 Å². The molecule has 1 atom stereocenters. The highest BCUT2D eigenvalue weighted by Crippen LogP contribution is 2.29. The molecule has 22 heavy (non-hydrogen) atoms. The van der Waals surface area contributed by atoms with Crippen LogP contribution in [0, 0.1) is 0 Å². The molecule has 3 nitrogen and oxygen atoms in total. The van der Waals surface area contributed by atoms with Gasteiger partial charge in [-0.1, -0.05) is 30.3 Å². The fourth-order valence-electron chi connectivity index (χ4n) is 3.33. The lowest BCUT2D eigenvalue weighted by Gasteiger charge is -2.26. The quantitative estimate of drug-likeness (QED) is 0.737. The predicted octanol–water partition coefficient (Wildman–Crippen LogP) is 3.98. The number of hydrogen-bond donors (Lipinski definition) is 2. The fourth-order valence-corrected chi connectivity index (χ4v) is 3.33. The number of hydrogen-bond acceptors (Lipinski definition) is 1. The average Bonchev–Trinajstić information content (AvgIpc) is 3.02. The van der Waals surface area contributed by atoms with Gasteiger partial charge in [0.15, 0.2) is 0 Å². The topological polar surface area (TPSA) is 44.9 Å². The highest BCUT2D eigenvalue weighted by molar-refractivity contribution is 5.98. The third kappa shape index (κ3) is 2.29. The lowest BCUT2D eigenvalue weighted by Crippen LogP contribution is -2.30. The molecular formula is C19H18N2O. The Balaban J connectivity index is 1.59. The Kier molecular flexibility index (Phi) is 3.19. The summed E-state index contributed by atoms with van der Waals surface area (Å²) in [6.07, 6.45) is 5.13. The SMILES string of the molecule is O=C(N[C@H]1CCCc2ccccc21)c1ccc2cc[nH]c2c1. The maximum atomic E-state index is 12.6. The molecular weight excluding hydrogens is 272 g/mol. The van der Waals surface area contributed by atoms with Gasteiger partial charge >= 0.3 is 0 Å². The van der Waals surface area contributed by atoms with E-state index in [0.29, 0.717) is 5.56 Å². The van der Waals surface area contributed by atoms with Crippen molar-refractivity contribution in [2.24, 2.45) is 0 Å². The molecule has 2 aromatic carbocycles. The smallest absolute Gasteiger partial charge is 0.251 e. The molecule has 2 N–H and O–H groups in total. The van der Waals surface area contributed by atoms with Gasteiger partial charge in [-0.25, -0.2) is 0 Å². The third-order valence-electron chi connectivity index (χ3n) is 4.49. The van der Waals surface area contributed by atoms with Crippen LogP contribution in [-0.2, 0) is 6.42 Å². The molecule has 1 amide bonds. The molecule has 0 unspecified atom stereocenters. The van der Waals surface area contributed by atoms with Gasteiger partial charge in [0.05, 0.1) is 6.04 Å². The molecule has 110 valence electrons. The Bertz CT molecular complexity index is 834. The zero-order chi connectivity index (χ0) is 14.9. The molecule has 1 heterocycles. The molecule has 0 spiro atoms.